The van der Waals surface area contributed by atoms with Crippen LogP contribution in [0.2, 0.25) is 0 Å². The minimum absolute atomic E-state index is 0.0150. The van der Waals surface area contributed by atoms with Gasteiger partial charge in [0.25, 0.3) is 0 Å². The molecule has 0 amide bonds. The molecule has 0 spiro atoms. The van der Waals surface area contributed by atoms with Crippen LogP contribution in [0.25, 0.3) is 0 Å². The molecule has 96 valence electrons. The zero-order chi connectivity index (χ0) is 12.5. The van der Waals surface area contributed by atoms with Gasteiger partial charge in [-0.05, 0) is 40.0 Å². The fourth-order valence-corrected chi connectivity index (χ4v) is 3.15. The van der Waals surface area contributed by atoms with E-state index in [-0.39, 0.29) is 11.1 Å². The molecular weight excluding hydrogens is 232 g/mol. The normalized spacial score (nSPS) is 19.1. The van der Waals surface area contributed by atoms with E-state index in [0.717, 1.165) is 30.0 Å². The summed E-state index contributed by atoms with van der Waals surface area (Å²) in [6, 6.07) is 0. The van der Waals surface area contributed by atoms with Gasteiger partial charge < -0.3 is 10.5 Å². The van der Waals surface area contributed by atoms with Crippen molar-refractivity contribution < 1.29 is 4.74 Å². The Kier molecular flexibility index (Phi) is 3.57. The molecule has 2 rings (SSSR count). The summed E-state index contributed by atoms with van der Waals surface area (Å²) in [5, 5.41) is 3.18. The van der Waals surface area contributed by atoms with Crippen LogP contribution in [0, 0.1) is 0 Å². The molecule has 3 nitrogen and oxygen atoms in total. The van der Waals surface area contributed by atoms with Crippen LogP contribution in [0.5, 0.6) is 0 Å². The first-order valence-corrected chi connectivity index (χ1v) is 7.21. The van der Waals surface area contributed by atoms with Crippen molar-refractivity contribution in [2.24, 2.45) is 5.73 Å². The highest BCUT2D eigenvalue weighted by Gasteiger charge is 2.34. The number of hydrogen-bond donors (Lipinski definition) is 1. The van der Waals surface area contributed by atoms with Gasteiger partial charge >= 0.3 is 0 Å². The Morgan fingerprint density at radius 2 is 2.24 bits per heavy atom. The van der Waals surface area contributed by atoms with E-state index in [4.69, 9.17) is 10.5 Å². The van der Waals surface area contributed by atoms with Crippen LogP contribution >= 0.6 is 11.3 Å². The van der Waals surface area contributed by atoms with E-state index >= 15 is 0 Å². The van der Waals surface area contributed by atoms with Crippen molar-refractivity contribution in [3.8, 4) is 0 Å². The van der Waals surface area contributed by atoms with E-state index in [1.165, 1.54) is 6.42 Å². The smallest absolute Gasteiger partial charge is 0.124 e. The highest BCUT2D eigenvalue weighted by Crippen LogP contribution is 2.34. The molecule has 1 saturated carbocycles. The first-order valence-electron chi connectivity index (χ1n) is 6.33. The lowest BCUT2D eigenvalue weighted by molar-refractivity contribution is -0.0142. The van der Waals surface area contributed by atoms with Gasteiger partial charge in [-0.2, -0.15) is 0 Å². The van der Waals surface area contributed by atoms with E-state index in [9.17, 15) is 0 Å². The maximum atomic E-state index is 6.25. The van der Waals surface area contributed by atoms with Crippen LogP contribution in [0.3, 0.4) is 0 Å². The Balaban J connectivity index is 2.05. The molecule has 1 fully saturated rings. The average Bonchev–Trinajstić information content (AvgIpc) is 2.64. The van der Waals surface area contributed by atoms with Crippen molar-refractivity contribution in [2.75, 3.05) is 6.61 Å². The summed E-state index contributed by atoms with van der Waals surface area (Å²) in [7, 11) is 0. The van der Waals surface area contributed by atoms with Gasteiger partial charge in [-0.1, -0.05) is 0 Å². The summed E-state index contributed by atoms with van der Waals surface area (Å²) in [6.07, 6.45) is 4.44. The molecule has 1 heterocycles. The predicted molar refractivity (Wildman–Crippen MR) is 71.2 cm³/mol. The monoisotopic (exact) mass is 254 g/mol. The van der Waals surface area contributed by atoms with Gasteiger partial charge in [-0.15, -0.1) is 11.3 Å². The lowest BCUT2D eigenvalue weighted by Gasteiger charge is -2.37. The van der Waals surface area contributed by atoms with Gasteiger partial charge in [0.2, 0.25) is 0 Å². The summed E-state index contributed by atoms with van der Waals surface area (Å²) >= 11 is 1.68. The number of rotatable bonds is 5. The minimum Gasteiger partial charge on any atom is -0.369 e. The number of aromatic nitrogens is 1. The van der Waals surface area contributed by atoms with Crippen LogP contribution in [0.15, 0.2) is 5.38 Å². The maximum Gasteiger partial charge on any atom is 0.124 e. The molecular formula is C13H22N2OS. The number of nitrogens with zero attached hydrogens (tertiary/aromatic N) is 1. The Morgan fingerprint density at radius 3 is 2.76 bits per heavy atom. The average molecular weight is 254 g/mol. The largest absolute Gasteiger partial charge is 0.369 e. The Morgan fingerprint density at radius 1 is 1.53 bits per heavy atom. The van der Waals surface area contributed by atoms with Crippen LogP contribution in [-0.2, 0) is 16.8 Å². The zero-order valence-electron chi connectivity index (χ0n) is 11.0. The molecule has 2 N–H and O–H groups in total. The molecule has 0 aromatic carbocycles. The lowest BCUT2D eigenvalue weighted by atomic mass is 9.75. The van der Waals surface area contributed by atoms with Crippen molar-refractivity contribution in [2.45, 2.75) is 57.6 Å². The topological polar surface area (TPSA) is 48.1 Å². The molecule has 1 aliphatic rings. The third-order valence-electron chi connectivity index (χ3n) is 3.45. The predicted octanol–water partition coefficient (Wildman–Crippen LogP) is 2.84. The highest BCUT2D eigenvalue weighted by atomic mass is 32.1. The van der Waals surface area contributed by atoms with Gasteiger partial charge in [0.05, 0.1) is 5.69 Å². The van der Waals surface area contributed by atoms with Crippen molar-refractivity contribution in [1.82, 2.24) is 4.98 Å². The number of nitrogens with two attached hydrogens (primary N) is 1. The Labute approximate surface area is 107 Å². The quantitative estimate of drug-likeness (QED) is 0.879. The molecule has 1 aromatic heterocycles. The molecule has 0 atom stereocenters. The van der Waals surface area contributed by atoms with Gasteiger partial charge in [-0.3, -0.25) is 0 Å². The van der Waals surface area contributed by atoms with Crippen molar-refractivity contribution in [1.29, 1.82) is 0 Å². The highest BCUT2D eigenvalue weighted by molar-refractivity contribution is 7.09. The van der Waals surface area contributed by atoms with Gasteiger partial charge in [-0.25, -0.2) is 4.98 Å². The number of ether oxygens (including phenoxy) is 1. The number of hydrogen-bond acceptors (Lipinski definition) is 4. The van der Waals surface area contributed by atoms with Crippen LogP contribution < -0.4 is 5.73 Å². The zero-order valence-corrected chi connectivity index (χ0v) is 11.8. The van der Waals surface area contributed by atoms with Crippen LogP contribution in [0.4, 0.5) is 0 Å². The molecule has 17 heavy (non-hydrogen) atoms. The second-order valence-electron chi connectivity index (χ2n) is 5.48. The lowest BCUT2D eigenvalue weighted by Crippen LogP contribution is -2.48. The molecule has 0 aliphatic heterocycles. The fourth-order valence-electron chi connectivity index (χ4n) is 2.26. The van der Waals surface area contributed by atoms with Crippen LogP contribution in [-0.4, -0.2) is 17.1 Å². The van der Waals surface area contributed by atoms with Gasteiger partial charge in [0.1, 0.15) is 10.6 Å². The summed E-state index contributed by atoms with van der Waals surface area (Å²) in [4.78, 5) is 4.68. The van der Waals surface area contributed by atoms with Gasteiger partial charge in [0.15, 0.2) is 0 Å². The standard InChI is InChI=1S/C13H22N2OS/c1-4-16-12(2,3)11-15-10(9-17-11)8-13(14)6-5-7-13/h9H,4-8,14H2,1-3H3. The van der Waals surface area contributed by atoms with Crippen molar-refractivity contribution in [3.05, 3.63) is 16.1 Å². The van der Waals surface area contributed by atoms with Gasteiger partial charge in [0, 0.05) is 23.9 Å². The summed E-state index contributed by atoms with van der Waals surface area (Å²) in [5.41, 5.74) is 7.11. The molecule has 0 bridgehead atoms. The van der Waals surface area contributed by atoms with E-state index in [1.807, 2.05) is 6.92 Å². The first-order chi connectivity index (χ1) is 7.95. The first kappa shape index (κ1) is 13.0. The Hall–Kier alpha value is -0.450. The van der Waals surface area contributed by atoms with E-state index in [0.29, 0.717) is 6.61 Å². The SMILES string of the molecule is CCOC(C)(C)c1nc(CC2(N)CCC2)cs1. The summed E-state index contributed by atoms with van der Waals surface area (Å²) < 4.78 is 5.72. The number of thiazole rings is 1. The molecule has 4 heteroatoms. The van der Waals surface area contributed by atoms with Crippen molar-refractivity contribution >= 4 is 11.3 Å². The maximum absolute atomic E-state index is 6.25. The second kappa shape index (κ2) is 4.67. The van der Waals surface area contributed by atoms with Crippen molar-refractivity contribution in [3.63, 3.8) is 0 Å². The van der Waals surface area contributed by atoms with Crippen LogP contribution in [0.1, 0.15) is 50.7 Å². The summed E-state index contributed by atoms with van der Waals surface area (Å²) in [5.74, 6) is 0. The molecule has 0 saturated heterocycles. The molecule has 0 radical (unpaired) electrons. The minimum atomic E-state index is -0.279. The van der Waals surface area contributed by atoms with E-state index in [1.54, 1.807) is 11.3 Å². The van der Waals surface area contributed by atoms with E-state index < -0.39 is 0 Å². The molecule has 0 unspecified atom stereocenters. The summed E-state index contributed by atoms with van der Waals surface area (Å²) in [6.45, 7) is 6.86. The third kappa shape index (κ3) is 2.87. The second-order valence-corrected chi connectivity index (χ2v) is 6.34. The van der Waals surface area contributed by atoms with E-state index in [2.05, 4.69) is 24.2 Å². The molecule has 1 aliphatic carbocycles. The molecule has 1 aromatic rings. The Bertz CT molecular complexity index is 383. The fraction of sp³-hybridized carbons (Fsp3) is 0.769. The third-order valence-corrected chi connectivity index (χ3v) is 4.65.